The third-order valence-corrected chi connectivity index (χ3v) is 7.13. The number of hydrogen-bond acceptors (Lipinski definition) is 5. The van der Waals surface area contributed by atoms with Crippen LogP contribution in [0.3, 0.4) is 0 Å². The molecule has 2 unspecified atom stereocenters. The second-order valence-electron chi connectivity index (χ2n) is 9.81. The largest absolute Gasteiger partial charge is 0.481 e. The lowest BCUT2D eigenvalue weighted by Crippen LogP contribution is -2.56. The first-order valence-electron chi connectivity index (χ1n) is 12.6. The lowest BCUT2D eigenvalue weighted by atomic mass is 9.89. The highest BCUT2D eigenvalue weighted by Gasteiger charge is 2.40. The van der Waals surface area contributed by atoms with E-state index in [0.29, 0.717) is 46.8 Å². The van der Waals surface area contributed by atoms with Gasteiger partial charge >= 0.3 is 5.97 Å². The summed E-state index contributed by atoms with van der Waals surface area (Å²) >= 11 is 12.1. The van der Waals surface area contributed by atoms with E-state index in [1.807, 2.05) is 0 Å². The number of nitrogens with one attached hydrogen (secondary N) is 2. The van der Waals surface area contributed by atoms with Crippen LogP contribution in [0.5, 0.6) is 0 Å². The first-order chi connectivity index (χ1) is 18.5. The normalized spacial score (nSPS) is 16.6. The minimum Gasteiger partial charge on any atom is -0.481 e. The smallest absolute Gasteiger partial charge is 0.305 e. The third kappa shape index (κ3) is 7.80. The SMILES string of the molecule is CC(C)[C@H](NC(=O)C(c1ccc(Cl)cc1)c1ccc(Cl)cc1)C(=O)N1CCCC1C(=O)NC(C=O)CC(=O)O. The van der Waals surface area contributed by atoms with E-state index in [1.54, 1.807) is 62.4 Å². The summed E-state index contributed by atoms with van der Waals surface area (Å²) < 4.78 is 0. The van der Waals surface area contributed by atoms with Crippen molar-refractivity contribution < 1.29 is 29.1 Å². The van der Waals surface area contributed by atoms with Gasteiger partial charge in [-0.1, -0.05) is 61.3 Å². The van der Waals surface area contributed by atoms with Crippen molar-refractivity contribution in [2.75, 3.05) is 6.54 Å². The van der Waals surface area contributed by atoms with Crippen LogP contribution in [0, 0.1) is 5.92 Å². The van der Waals surface area contributed by atoms with Crippen molar-refractivity contribution in [1.82, 2.24) is 15.5 Å². The van der Waals surface area contributed by atoms with Crippen LogP contribution in [-0.2, 0) is 24.0 Å². The summed E-state index contributed by atoms with van der Waals surface area (Å²) in [6.07, 6.45) is 0.702. The molecule has 2 aromatic carbocycles. The Hall–Kier alpha value is -3.43. The number of carbonyl (C=O) groups excluding carboxylic acids is 4. The Morgan fingerprint density at radius 1 is 0.974 bits per heavy atom. The average molecular weight is 576 g/mol. The van der Waals surface area contributed by atoms with Gasteiger partial charge in [0, 0.05) is 16.6 Å². The van der Waals surface area contributed by atoms with Gasteiger partial charge in [-0.25, -0.2) is 0 Å². The van der Waals surface area contributed by atoms with E-state index in [4.69, 9.17) is 28.3 Å². The Balaban J connectivity index is 1.83. The molecule has 2 aromatic rings. The van der Waals surface area contributed by atoms with E-state index >= 15 is 0 Å². The second kappa shape index (κ2) is 13.6. The molecule has 1 fully saturated rings. The van der Waals surface area contributed by atoms with E-state index in [9.17, 15) is 24.0 Å². The number of halogens is 2. The van der Waals surface area contributed by atoms with E-state index < -0.39 is 54.2 Å². The summed E-state index contributed by atoms with van der Waals surface area (Å²) in [4.78, 5) is 63.9. The Morgan fingerprint density at radius 2 is 1.51 bits per heavy atom. The molecule has 0 radical (unpaired) electrons. The van der Waals surface area contributed by atoms with Gasteiger partial charge in [0.05, 0.1) is 18.4 Å². The monoisotopic (exact) mass is 575 g/mol. The molecular formula is C28H31Cl2N3O6. The van der Waals surface area contributed by atoms with Crippen LogP contribution in [0.25, 0.3) is 0 Å². The van der Waals surface area contributed by atoms with Crippen LogP contribution in [0.15, 0.2) is 48.5 Å². The number of nitrogens with zero attached hydrogens (tertiary/aromatic N) is 1. The molecular weight excluding hydrogens is 545 g/mol. The zero-order valence-corrected chi connectivity index (χ0v) is 23.1. The maximum absolute atomic E-state index is 13.7. The number of carboxylic acids is 1. The van der Waals surface area contributed by atoms with Crippen LogP contribution < -0.4 is 10.6 Å². The molecule has 1 heterocycles. The van der Waals surface area contributed by atoms with E-state index in [0.717, 1.165) is 0 Å². The summed E-state index contributed by atoms with van der Waals surface area (Å²) in [5, 5.41) is 15.3. The molecule has 3 N–H and O–H groups in total. The summed E-state index contributed by atoms with van der Waals surface area (Å²) in [5.41, 5.74) is 1.34. The number of aliphatic carboxylic acids is 1. The van der Waals surface area contributed by atoms with Crippen molar-refractivity contribution >= 4 is 53.2 Å². The molecule has 0 bridgehead atoms. The molecule has 1 aliphatic rings. The van der Waals surface area contributed by atoms with Gasteiger partial charge in [-0.3, -0.25) is 19.2 Å². The molecule has 1 aliphatic heterocycles. The standard InChI is InChI=1S/C28H31Cl2N3O6/c1-16(2)25(28(39)33-13-3-4-22(33)26(37)31-21(15-34)14-23(35)36)32-27(38)24(17-5-9-19(29)10-6-17)18-7-11-20(30)12-8-18/h5-12,15-16,21-22,24-25H,3-4,13-14H2,1-2H3,(H,31,37)(H,32,38)(H,35,36)/t21?,22?,25-/m0/s1. The number of hydrogen-bond donors (Lipinski definition) is 3. The highest BCUT2D eigenvalue weighted by molar-refractivity contribution is 6.30. The molecule has 0 aromatic heterocycles. The number of carbonyl (C=O) groups is 5. The molecule has 39 heavy (non-hydrogen) atoms. The van der Waals surface area contributed by atoms with Gasteiger partial charge in [0.2, 0.25) is 17.7 Å². The minimum atomic E-state index is -1.23. The van der Waals surface area contributed by atoms with Crippen molar-refractivity contribution in [3.8, 4) is 0 Å². The Labute approximate surface area is 236 Å². The Bertz CT molecular complexity index is 1160. The number of rotatable bonds is 11. The van der Waals surface area contributed by atoms with Gasteiger partial charge in [-0.2, -0.15) is 0 Å². The average Bonchev–Trinajstić information content (AvgIpc) is 3.39. The Morgan fingerprint density at radius 3 is 1.97 bits per heavy atom. The Kier molecular flexibility index (Phi) is 10.5. The maximum Gasteiger partial charge on any atom is 0.305 e. The van der Waals surface area contributed by atoms with Gasteiger partial charge in [-0.15, -0.1) is 0 Å². The second-order valence-corrected chi connectivity index (χ2v) is 10.7. The zero-order chi connectivity index (χ0) is 28.7. The van der Waals surface area contributed by atoms with Crippen LogP contribution in [0.1, 0.15) is 50.2 Å². The lowest BCUT2D eigenvalue weighted by Gasteiger charge is -2.32. The van der Waals surface area contributed by atoms with Crippen LogP contribution in [-0.4, -0.2) is 64.7 Å². The number of benzene rings is 2. The number of carboxylic acid groups (broad SMARTS) is 1. The van der Waals surface area contributed by atoms with Crippen LogP contribution >= 0.6 is 23.2 Å². The molecule has 9 nitrogen and oxygen atoms in total. The van der Waals surface area contributed by atoms with Gasteiger partial charge < -0.3 is 25.4 Å². The summed E-state index contributed by atoms with van der Waals surface area (Å²) in [7, 11) is 0. The van der Waals surface area contributed by atoms with Crippen molar-refractivity contribution in [1.29, 1.82) is 0 Å². The fraction of sp³-hybridized carbons (Fsp3) is 0.393. The topological polar surface area (TPSA) is 133 Å². The molecule has 0 saturated carbocycles. The number of amides is 3. The maximum atomic E-state index is 13.7. The van der Waals surface area contributed by atoms with Crippen molar-refractivity contribution in [2.45, 2.75) is 57.2 Å². The van der Waals surface area contributed by atoms with Gasteiger partial charge in [0.1, 0.15) is 18.4 Å². The van der Waals surface area contributed by atoms with Gasteiger partial charge in [-0.05, 0) is 54.2 Å². The number of aldehydes is 1. The highest BCUT2D eigenvalue weighted by atomic mass is 35.5. The van der Waals surface area contributed by atoms with Crippen molar-refractivity contribution in [3.05, 3.63) is 69.7 Å². The van der Waals surface area contributed by atoms with E-state index in [-0.39, 0.29) is 5.92 Å². The first-order valence-corrected chi connectivity index (χ1v) is 13.4. The van der Waals surface area contributed by atoms with Gasteiger partial charge in [0.15, 0.2) is 0 Å². The molecule has 11 heteroatoms. The summed E-state index contributed by atoms with van der Waals surface area (Å²) in [6, 6.07) is 10.7. The van der Waals surface area contributed by atoms with E-state index in [1.165, 1.54) is 4.90 Å². The molecule has 0 aliphatic carbocycles. The third-order valence-electron chi connectivity index (χ3n) is 6.62. The fourth-order valence-electron chi connectivity index (χ4n) is 4.64. The minimum absolute atomic E-state index is 0.290. The van der Waals surface area contributed by atoms with Crippen molar-refractivity contribution in [2.24, 2.45) is 5.92 Å². The predicted octanol–water partition coefficient (Wildman–Crippen LogP) is 3.42. The number of likely N-dealkylation sites (tertiary alicyclic amines) is 1. The molecule has 1 saturated heterocycles. The summed E-state index contributed by atoms with van der Waals surface area (Å²) in [5.74, 6) is -3.73. The molecule has 0 spiro atoms. The van der Waals surface area contributed by atoms with Crippen molar-refractivity contribution in [3.63, 3.8) is 0 Å². The predicted molar refractivity (Wildman–Crippen MR) is 146 cm³/mol. The van der Waals surface area contributed by atoms with E-state index in [2.05, 4.69) is 10.6 Å². The van der Waals surface area contributed by atoms with Crippen LogP contribution in [0.2, 0.25) is 10.0 Å². The lowest BCUT2D eigenvalue weighted by molar-refractivity contribution is -0.143. The quantitative estimate of drug-likeness (QED) is 0.351. The molecule has 3 rings (SSSR count). The zero-order valence-electron chi connectivity index (χ0n) is 21.6. The molecule has 3 atom stereocenters. The molecule has 208 valence electrons. The summed E-state index contributed by atoms with van der Waals surface area (Å²) in [6.45, 7) is 3.88. The van der Waals surface area contributed by atoms with Gasteiger partial charge in [0.25, 0.3) is 0 Å². The fourth-order valence-corrected chi connectivity index (χ4v) is 4.89. The highest BCUT2D eigenvalue weighted by Crippen LogP contribution is 2.28. The molecule has 3 amide bonds. The van der Waals surface area contributed by atoms with Crippen LogP contribution in [0.4, 0.5) is 0 Å². The first kappa shape index (κ1) is 30.1.